The Labute approximate surface area is 107 Å². The Morgan fingerprint density at radius 3 is 2.37 bits per heavy atom. The normalized spacial score (nSPS) is 9.74. The number of benzene rings is 1. The van der Waals surface area contributed by atoms with Gasteiger partial charge >= 0.3 is 12.1 Å². The first kappa shape index (κ1) is 16.7. The van der Waals surface area contributed by atoms with Crippen molar-refractivity contribution in [2.75, 3.05) is 5.43 Å². The Kier molecular flexibility index (Phi) is 6.33. The van der Waals surface area contributed by atoms with Crippen LogP contribution in [-0.4, -0.2) is 12.1 Å². The van der Waals surface area contributed by atoms with Crippen molar-refractivity contribution in [3.05, 3.63) is 29.6 Å². The predicted molar refractivity (Wildman–Crippen MR) is 60.3 cm³/mol. The van der Waals surface area contributed by atoms with Gasteiger partial charge in [-0.25, -0.2) is 4.39 Å². The van der Waals surface area contributed by atoms with Gasteiger partial charge in [0.15, 0.2) is 0 Å². The Hall–Kier alpha value is -2.30. The summed E-state index contributed by atoms with van der Waals surface area (Å²) in [7, 11) is 0. The molecule has 0 unspecified atom stereocenters. The number of halogens is 4. The molecule has 2 N–H and O–H groups in total. The summed E-state index contributed by atoms with van der Waals surface area (Å²) in [6.45, 7) is 4.00. The second-order valence-electron chi connectivity index (χ2n) is 2.88. The molecule has 19 heavy (non-hydrogen) atoms. The van der Waals surface area contributed by atoms with Gasteiger partial charge in [0.1, 0.15) is 11.9 Å². The summed E-state index contributed by atoms with van der Waals surface area (Å²) in [5.41, 5.74) is 2.89. The van der Waals surface area contributed by atoms with Crippen LogP contribution < -0.4 is 10.9 Å². The molecule has 1 aromatic rings. The average molecular weight is 277 g/mol. The van der Waals surface area contributed by atoms with Crippen LogP contribution in [0.15, 0.2) is 18.2 Å². The summed E-state index contributed by atoms with van der Waals surface area (Å²) < 4.78 is 48.2. The maximum Gasteiger partial charge on any atom is 0.472 e. The van der Waals surface area contributed by atoms with Gasteiger partial charge in [-0.2, -0.15) is 18.4 Å². The van der Waals surface area contributed by atoms with Crippen LogP contribution in [-0.2, 0) is 4.79 Å². The highest BCUT2D eigenvalue weighted by Gasteiger charge is 2.38. The van der Waals surface area contributed by atoms with E-state index in [4.69, 9.17) is 5.26 Å². The molecular weight excluding hydrogens is 266 g/mol. The van der Waals surface area contributed by atoms with Gasteiger partial charge in [0.05, 0.1) is 11.3 Å². The maximum absolute atomic E-state index is 12.8. The van der Waals surface area contributed by atoms with Crippen LogP contribution in [0.3, 0.4) is 0 Å². The largest absolute Gasteiger partial charge is 0.472 e. The van der Waals surface area contributed by atoms with Crippen LogP contribution in [0.25, 0.3) is 0 Å². The Morgan fingerprint density at radius 2 is 1.89 bits per heavy atom. The highest BCUT2D eigenvalue weighted by atomic mass is 19.4. The average Bonchev–Trinajstić information content (AvgIpc) is 2.38. The van der Waals surface area contributed by atoms with E-state index in [0.29, 0.717) is 0 Å². The molecule has 0 aliphatic carbocycles. The zero-order valence-corrected chi connectivity index (χ0v) is 10.1. The minimum absolute atomic E-state index is 0.0412. The minimum atomic E-state index is -5.02. The zero-order chi connectivity index (χ0) is 15.1. The molecule has 0 aromatic heterocycles. The molecule has 0 aliphatic heterocycles. The number of nitrogens with one attached hydrogen (secondary N) is 2. The third-order valence-electron chi connectivity index (χ3n) is 1.66. The molecule has 0 spiro atoms. The van der Waals surface area contributed by atoms with Crippen molar-refractivity contribution in [2.45, 2.75) is 20.0 Å². The minimum Gasteiger partial charge on any atom is -0.298 e. The number of carbonyl (C=O) groups is 1. The monoisotopic (exact) mass is 277 g/mol. The van der Waals surface area contributed by atoms with E-state index in [0.717, 1.165) is 18.2 Å². The van der Waals surface area contributed by atoms with E-state index in [1.54, 1.807) is 0 Å². The third-order valence-corrected chi connectivity index (χ3v) is 1.66. The summed E-state index contributed by atoms with van der Waals surface area (Å²) in [4.78, 5) is 10.4. The van der Waals surface area contributed by atoms with Crippen molar-refractivity contribution >= 4 is 11.6 Å². The molecule has 8 heteroatoms. The Bertz CT molecular complexity index is 480. The molecule has 0 radical (unpaired) electrons. The van der Waals surface area contributed by atoms with Crippen molar-refractivity contribution in [1.29, 1.82) is 5.26 Å². The molecule has 104 valence electrons. The second-order valence-corrected chi connectivity index (χ2v) is 2.88. The van der Waals surface area contributed by atoms with Crippen LogP contribution in [0.5, 0.6) is 0 Å². The standard InChI is InChI=1S/C9H5F4N3O.C2H6/c10-7-2-1-6(3-5(7)4-14)15-16-8(17)9(11,12)13;1-2/h1-3,15H,(H,16,17);1-2H3. The number of rotatable bonds is 2. The highest BCUT2D eigenvalue weighted by Crippen LogP contribution is 2.16. The fourth-order valence-electron chi connectivity index (χ4n) is 0.889. The van der Waals surface area contributed by atoms with E-state index in [1.807, 2.05) is 19.3 Å². The third kappa shape index (κ3) is 5.25. The Morgan fingerprint density at radius 1 is 1.32 bits per heavy atom. The molecule has 0 bridgehead atoms. The van der Waals surface area contributed by atoms with Gasteiger partial charge in [-0.3, -0.25) is 15.6 Å². The van der Waals surface area contributed by atoms with Gasteiger partial charge in [0.2, 0.25) is 0 Å². The van der Waals surface area contributed by atoms with Gasteiger partial charge in [0, 0.05) is 0 Å². The maximum atomic E-state index is 12.8. The summed E-state index contributed by atoms with van der Waals surface area (Å²) in [6, 6.07) is 4.43. The number of hydrogen-bond acceptors (Lipinski definition) is 3. The first-order valence-electron chi connectivity index (χ1n) is 5.17. The fourth-order valence-corrected chi connectivity index (χ4v) is 0.889. The number of amides is 1. The summed E-state index contributed by atoms with van der Waals surface area (Å²) in [6.07, 6.45) is -5.02. The second kappa shape index (κ2) is 7.20. The van der Waals surface area contributed by atoms with E-state index in [9.17, 15) is 22.4 Å². The van der Waals surface area contributed by atoms with Gasteiger partial charge in [-0.15, -0.1) is 0 Å². The van der Waals surface area contributed by atoms with Crippen molar-refractivity contribution in [3.63, 3.8) is 0 Å². The van der Waals surface area contributed by atoms with Crippen LogP contribution in [0, 0.1) is 17.1 Å². The molecule has 1 aromatic carbocycles. The van der Waals surface area contributed by atoms with Gasteiger partial charge in [0.25, 0.3) is 0 Å². The number of nitriles is 1. The lowest BCUT2D eigenvalue weighted by molar-refractivity contribution is -0.173. The number of carbonyl (C=O) groups excluding carboxylic acids is 1. The van der Waals surface area contributed by atoms with E-state index < -0.39 is 17.9 Å². The first-order valence-corrected chi connectivity index (χ1v) is 5.17. The fraction of sp³-hybridized carbons (Fsp3) is 0.273. The van der Waals surface area contributed by atoms with Crippen molar-refractivity contribution in [2.24, 2.45) is 0 Å². The SMILES string of the molecule is CC.N#Cc1cc(NNC(=O)C(F)(F)F)ccc1F. The number of anilines is 1. The molecular formula is C11H11F4N3O. The van der Waals surface area contributed by atoms with Gasteiger partial charge < -0.3 is 0 Å². The number of hydrazine groups is 1. The number of hydrogen-bond donors (Lipinski definition) is 2. The van der Waals surface area contributed by atoms with Crippen molar-refractivity contribution < 1.29 is 22.4 Å². The molecule has 0 saturated heterocycles. The molecule has 0 heterocycles. The quantitative estimate of drug-likeness (QED) is 0.645. The van der Waals surface area contributed by atoms with Crippen molar-refractivity contribution in [3.8, 4) is 6.07 Å². The number of nitrogens with zero attached hydrogens (tertiary/aromatic N) is 1. The Balaban J connectivity index is 0.00000154. The van der Waals surface area contributed by atoms with E-state index in [2.05, 4.69) is 0 Å². The van der Waals surface area contributed by atoms with Crippen LogP contribution in [0.2, 0.25) is 0 Å². The van der Waals surface area contributed by atoms with Crippen LogP contribution in [0.1, 0.15) is 19.4 Å². The molecule has 0 aliphatic rings. The molecule has 1 amide bonds. The summed E-state index contributed by atoms with van der Waals surface area (Å²) >= 11 is 0. The molecule has 0 atom stereocenters. The van der Waals surface area contributed by atoms with Crippen LogP contribution in [0.4, 0.5) is 23.2 Å². The summed E-state index contributed by atoms with van der Waals surface area (Å²) in [5.74, 6) is -3.00. The van der Waals surface area contributed by atoms with E-state index in [1.165, 1.54) is 11.5 Å². The smallest absolute Gasteiger partial charge is 0.298 e. The summed E-state index contributed by atoms with van der Waals surface area (Å²) in [5, 5.41) is 8.46. The van der Waals surface area contributed by atoms with E-state index >= 15 is 0 Å². The zero-order valence-electron chi connectivity index (χ0n) is 10.1. The lowest BCUT2D eigenvalue weighted by atomic mass is 10.2. The van der Waals surface area contributed by atoms with E-state index in [-0.39, 0.29) is 11.3 Å². The van der Waals surface area contributed by atoms with Crippen LogP contribution >= 0.6 is 0 Å². The predicted octanol–water partition coefficient (Wildman–Crippen LogP) is 2.73. The van der Waals surface area contributed by atoms with Crippen molar-refractivity contribution in [1.82, 2.24) is 5.43 Å². The molecule has 0 fully saturated rings. The van der Waals surface area contributed by atoms with Gasteiger partial charge in [-0.1, -0.05) is 13.8 Å². The molecule has 1 rings (SSSR count). The molecule has 0 saturated carbocycles. The topological polar surface area (TPSA) is 64.9 Å². The number of alkyl halides is 3. The highest BCUT2D eigenvalue weighted by molar-refractivity contribution is 5.82. The lowest BCUT2D eigenvalue weighted by Gasteiger charge is -2.10. The van der Waals surface area contributed by atoms with Gasteiger partial charge in [-0.05, 0) is 18.2 Å². The first-order chi connectivity index (χ1) is 8.84. The molecule has 4 nitrogen and oxygen atoms in total. The lowest BCUT2D eigenvalue weighted by Crippen LogP contribution is -2.40.